The fraction of sp³-hybridized carbons (Fsp3) is 0.471. The second-order valence-corrected chi connectivity index (χ2v) is 7.49. The molecular weight excluding hydrogens is 322 g/mol. The zero-order chi connectivity index (χ0) is 16.0. The summed E-state index contributed by atoms with van der Waals surface area (Å²) in [6.45, 7) is 4.16. The summed E-state index contributed by atoms with van der Waals surface area (Å²) in [5.74, 6) is 1.37. The van der Waals surface area contributed by atoms with Crippen molar-refractivity contribution in [2.45, 2.75) is 18.4 Å². The largest absolute Gasteiger partial charge is 0.455 e. The third-order valence-electron chi connectivity index (χ3n) is 5.34. The van der Waals surface area contributed by atoms with Gasteiger partial charge in [-0.1, -0.05) is 0 Å². The van der Waals surface area contributed by atoms with Crippen LogP contribution in [0.5, 0.6) is 0 Å². The highest BCUT2D eigenvalue weighted by atomic mass is 32.1. The number of pyridine rings is 1. The van der Waals surface area contributed by atoms with E-state index in [2.05, 4.69) is 25.2 Å². The molecule has 4 aliphatic rings. The molecule has 4 aliphatic heterocycles. The zero-order valence-corrected chi connectivity index (χ0v) is 14.1. The van der Waals surface area contributed by atoms with Crippen LogP contribution in [0, 0.1) is 5.92 Å². The van der Waals surface area contributed by atoms with Gasteiger partial charge in [0.1, 0.15) is 11.4 Å². The van der Waals surface area contributed by atoms with Crippen LogP contribution in [0.2, 0.25) is 0 Å². The van der Waals surface area contributed by atoms with Gasteiger partial charge in [-0.2, -0.15) is 0 Å². The normalized spacial score (nSPS) is 31.1. The van der Waals surface area contributed by atoms with Gasteiger partial charge in [0.05, 0.1) is 17.7 Å². The number of rotatable bonds is 2. The number of anilines is 1. The number of piperidine rings is 3. The van der Waals surface area contributed by atoms with E-state index in [-0.39, 0.29) is 5.60 Å². The summed E-state index contributed by atoms with van der Waals surface area (Å²) in [5, 5.41) is 5.28. The highest BCUT2D eigenvalue weighted by molar-refractivity contribution is 7.07. The Morgan fingerprint density at radius 1 is 1.29 bits per heavy atom. The Kier molecular flexibility index (Phi) is 3.31. The Balaban J connectivity index is 1.32. The van der Waals surface area contributed by atoms with Crippen LogP contribution in [0.25, 0.3) is 11.3 Å². The van der Waals surface area contributed by atoms with Gasteiger partial charge in [-0.25, -0.2) is 15.0 Å². The molecule has 1 N–H and O–H groups in total. The highest BCUT2D eigenvalue weighted by Gasteiger charge is 2.51. The van der Waals surface area contributed by atoms with Crippen LogP contribution in [-0.4, -0.2) is 52.7 Å². The quantitative estimate of drug-likeness (QED) is 0.909. The smallest absolute Gasteiger partial charge is 0.291 e. The molecule has 2 bridgehead atoms. The van der Waals surface area contributed by atoms with Crippen LogP contribution >= 0.6 is 11.3 Å². The van der Waals surface area contributed by atoms with Crippen LogP contribution in [0.1, 0.15) is 12.8 Å². The molecule has 24 heavy (non-hydrogen) atoms. The molecule has 6 nitrogen and oxygen atoms in total. The second kappa shape index (κ2) is 5.53. The molecule has 0 saturated carbocycles. The van der Waals surface area contributed by atoms with Crippen molar-refractivity contribution >= 4 is 23.2 Å². The van der Waals surface area contributed by atoms with Gasteiger partial charge in [0.2, 0.25) is 0 Å². The van der Waals surface area contributed by atoms with Crippen LogP contribution < -0.4 is 5.32 Å². The first-order chi connectivity index (χ1) is 11.8. The van der Waals surface area contributed by atoms with E-state index >= 15 is 0 Å². The number of hydrogen-bond donors (Lipinski definition) is 1. The van der Waals surface area contributed by atoms with E-state index in [1.165, 1.54) is 25.9 Å². The molecular formula is C17H19N5OS. The molecule has 1 unspecified atom stereocenters. The maximum atomic E-state index is 6.30. The number of nitrogens with zero attached hydrogens (tertiary/aromatic N) is 4. The highest BCUT2D eigenvalue weighted by Crippen LogP contribution is 2.40. The topological polar surface area (TPSA) is 62.6 Å². The summed E-state index contributed by atoms with van der Waals surface area (Å²) in [5.41, 5.74) is 3.73. The Hall–Kier alpha value is -1.99. The predicted molar refractivity (Wildman–Crippen MR) is 94.2 cm³/mol. The van der Waals surface area contributed by atoms with Crippen molar-refractivity contribution in [3.63, 3.8) is 0 Å². The molecule has 3 saturated heterocycles. The van der Waals surface area contributed by atoms with Gasteiger partial charge >= 0.3 is 0 Å². The summed E-state index contributed by atoms with van der Waals surface area (Å²) in [7, 11) is 0. The lowest BCUT2D eigenvalue weighted by atomic mass is 9.75. The average molecular weight is 341 g/mol. The standard InChI is InChI=1S/C17H19N5OS/c1-4-18-15(7-12(1)14-8-24-11-20-14)21-16-19-9-17(23-16)10-22-5-2-13(17)3-6-22/h1,4,7-8,11,13H,2-3,5-6,9-10H2,(H,18,19,21). The van der Waals surface area contributed by atoms with E-state index in [4.69, 9.17) is 4.74 Å². The van der Waals surface area contributed by atoms with Gasteiger partial charge in [0.15, 0.2) is 0 Å². The zero-order valence-electron chi connectivity index (χ0n) is 13.3. The summed E-state index contributed by atoms with van der Waals surface area (Å²) in [6, 6.07) is 4.56. The summed E-state index contributed by atoms with van der Waals surface area (Å²) < 4.78 is 6.30. The minimum absolute atomic E-state index is 0.120. The number of ether oxygens (including phenoxy) is 1. The second-order valence-electron chi connectivity index (χ2n) is 6.77. The maximum absolute atomic E-state index is 6.30. The molecule has 1 spiro atoms. The lowest BCUT2D eigenvalue weighted by Gasteiger charge is -2.50. The third kappa shape index (κ3) is 2.39. The third-order valence-corrected chi connectivity index (χ3v) is 5.92. The van der Waals surface area contributed by atoms with Crippen LogP contribution in [-0.2, 0) is 4.74 Å². The minimum atomic E-state index is -0.120. The maximum Gasteiger partial charge on any atom is 0.291 e. The number of amidine groups is 1. The van der Waals surface area contributed by atoms with Crippen LogP contribution in [0.15, 0.2) is 34.2 Å². The molecule has 6 rings (SSSR count). The number of thiazole rings is 1. The van der Waals surface area contributed by atoms with Crippen molar-refractivity contribution in [2.24, 2.45) is 10.9 Å². The van der Waals surface area contributed by atoms with Crippen molar-refractivity contribution < 1.29 is 4.74 Å². The van der Waals surface area contributed by atoms with Gasteiger partial charge < -0.3 is 4.74 Å². The van der Waals surface area contributed by atoms with E-state index < -0.39 is 0 Å². The number of nitrogens with one attached hydrogen (secondary N) is 1. The number of aliphatic imine (C=N–C) groups is 1. The molecule has 0 amide bonds. The summed E-state index contributed by atoms with van der Waals surface area (Å²) in [6.07, 6.45) is 4.23. The van der Waals surface area contributed by atoms with Crippen molar-refractivity contribution in [1.82, 2.24) is 14.9 Å². The molecule has 2 aromatic heterocycles. The van der Waals surface area contributed by atoms with Gasteiger partial charge in [-0.05, 0) is 38.1 Å². The van der Waals surface area contributed by atoms with Crippen molar-refractivity contribution in [3.8, 4) is 11.3 Å². The Morgan fingerprint density at radius 2 is 2.21 bits per heavy atom. The molecule has 6 heterocycles. The number of fused-ring (bicyclic) bond motifs is 2. The SMILES string of the molecule is c1cc(-c2cscn2)cc(NC2=NCC3(CN4CCC3CC4)O2)n1. The van der Waals surface area contributed by atoms with E-state index in [0.29, 0.717) is 11.9 Å². The molecule has 0 radical (unpaired) electrons. The number of aromatic nitrogens is 2. The molecule has 0 aliphatic carbocycles. The predicted octanol–water partition coefficient (Wildman–Crippen LogP) is 2.47. The lowest BCUT2D eigenvalue weighted by molar-refractivity contribution is -0.0829. The summed E-state index contributed by atoms with van der Waals surface area (Å²) in [4.78, 5) is 15.9. The molecule has 3 fully saturated rings. The van der Waals surface area contributed by atoms with Crippen LogP contribution in [0.3, 0.4) is 0 Å². The molecule has 124 valence electrons. The van der Waals surface area contributed by atoms with Crippen molar-refractivity contribution in [1.29, 1.82) is 0 Å². The molecule has 0 aromatic carbocycles. The first-order valence-corrected chi connectivity index (χ1v) is 9.32. The first kappa shape index (κ1) is 14.4. The van der Waals surface area contributed by atoms with Gasteiger partial charge in [0.25, 0.3) is 6.02 Å². The van der Waals surface area contributed by atoms with E-state index in [1.54, 1.807) is 17.5 Å². The lowest BCUT2D eigenvalue weighted by Crippen LogP contribution is -2.61. The Bertz CT molecular complexity index is 769. The average Bonchev–Trinajstić information content (AvgIpc) is 3.27. The molecule has 1 atom stereocenters. The monoisotopic (exact) mass is 341 g/mol. The van der Waals surface area contributed by atoms with E-state index in [1.807, 2.05) is 23.0 Å². The van der Waals surface area contributed by atoms with E-state index in [9.17, 15) is 0 Å². The Morgan fingerprint density at radius 3 is 2.96 bits per heavy atom. The number of hydrogen-bond acceptors (Lipinski definition) is 7. The summed E-state index contributed by atoms with van der Waals surface area (Å²) >= 11 is 1.59. The van der Waals surface area contributed by atoms with E-state index in [0.717, 1.165) is 30.2 Å². The van der Waals surface area contributed by atoms with Gasteiger partial charge in [-0.3, -0.25) is 10.2 Å². The van der Waals surface area contributed by atoms with Gasteiger partial charge in [-0.15, -0.1) is 11.3 Å². The fourth-order valence-corrected chi connectivity index (χ4v) is 4.63. The molecule has 2 aromatic rings. The van der Waals surface area contributed by atoms with Crippen LogP contribution in [0.4, 0.5) is 5.82 Å². The minimum Gasteiger partial charge on any atom is -0.455 e. The Labute approximate surface area is 144 Å². The van der Waals surface area contributed by atoms with Crippen molar-refractivity contribution in [2.75, 3.05) is 31.5 Å². The first-order valence-electron chi connectivity index (χ1n) is 8.38. The molecule has 7 heteroatoms. The van der Waals surface area contributed by atoms with Gasteiger partial charge in [0, 0.05) is 29.6 Å². The fourth-order valence-electron chi connectivity index (χ4n) is 4.07. The van der Waals surface area contributed by atoms with Crippen molar-refractivity contribution in [3.05, 3.63) is 29.2 Å².